The molecular weight excluding hydrogens is 325 g/mol. The SMILES string of the molecule is CCC(CC)(CN)C(=O)NCC1(N(C)C)CCOCC1.Cl.Cl. The van der Waals surface area contributed by atoms with E-state index in [2.05, 4.69) is 24.3 Å². The molecule has 1 rings (SSSR count). The molecule has 1 fully saturated rings. The van der Waals surface area contributed by atoms with E-state index in [1.54, 1.807) is 0 Å². The van der Waals surface area contributed by atoms with E-state index < -0.39 is 5.41 Å². The average Bonchev–Trinajstić information content (AvgIpc) is 2.48. The van der Waals surface area contributed by atoms with Gasteiger partial charge in [-0.2, -0.15) is 0 Å². The smallest absolute Gasteiger partial charge is 0.227 e. The van der Waals surface area contributed by atoms with Gasteiger partial charge in [0.15, 0.2) is 0 Å². The molecule has 0 spiro atoms. The minimum absolute atomic E-state index is 0. The summed E-state index contributed by atoms with van der Waals surface area (Å²) in [6, 6.07) is 0. The highest BCUT2D eigenvalue weighted by Crippen LogP contribution is 2.28. The van der Waals surface area contributed by atoms with Gasteiger partial charge in [0.05, 0.1) is 5.41 Å². The normalized spacial score (nSPS) is 17.4. The number of rotatable bonds is 7. The summed E-state index contributed by atoms with van der Waals surface area (Å²) in [5, 5.41) is 3.15. The molecule has 1 aliphatic rings. The molecule has 1 saturated heterocycles. The Kier molecular flexibility index (Phi) is 11.7. The van der Waals surface area contributed by atoms with Crippen LogP contribution in [0.1, 0.15) is 39.5 Å². The first-order valence-corrected chi connectivity index (χ1v) is 7.70. The van der Waals surface area contributed by atoms with E-state index in [9.17, 15) is 4.79 Å². The number of nitrogens with two attached hydrogens (primary N) is 1. The molecule has 22 heavy (non-hydrogen) atoms. The predicted molar refractivity (Wildman–Crippen MR) is 96.0 cm³/mol. The summed E-state index contributed by atoms with van der Waals surface area (Å²) in [5.74, 6) is 0.0951. The molecule has 1 amide bonds. The van der Waals surface area contributed by atoms with E-state index >= 15 is 0 Å². The van der Waals surface area contributed by atoms with E-state index in [4.69, 9.17) is 10.5 Å². The van der Waals surface area contributed by atoms with Crippen LogP contribution in [0.5, 0.6) is 0 Å². The highest BCUT2D eigenvalue weighted by Gasteiger charge is 2.38. The van der Waals surface area contributed by atoms with Crippen LogP contribution in [0.2, 0.25) is 0 Å². The van der Waals surface area contributed by atoms with Crippen molar-refractivity contribution in [2.75, 3.05) is 40.4 Å². The molecule has 0 radical (unpaired) electrons. The molecule has 0 unspecified atom stereocenters. The maximum Gasteiger partial charge on any atom is 0.227 e. The van der Waals surface area contributed by atoms with E-state index in [-0.39, 0.29) is 36.3 Å². The first-order chi connectivity index (χ1) is 9.46. The molecule has 5 nitrogen and oxygen atoms in total. The number of halogens is 2. The second kappa shape index (κ2) is 10.7. The molecule has 0 atom stereocenters. The van der Waals surface area contributed by atoms with Crippen LogP contribution in [0.4, 0.5) is 0 Å². The fraction of sp³-hybridized carbons (Fsp3) is 0.933. The van der Waals surface area contributed by atoms with Crippen molar-refractivity contribution in [2.24, 2.45) is 11.1 Å². The highest BCUT2D eigenvalue weighted by atomic mass is 35.5. The van der Waals surface area contributed by atoms with E-state index in [0.29, 0.717) is 13.1 Å². The number of carbonyl (C=O) groups excluding carboxylic acids is 1. The second-order valence-corrected chi connectivity index (χ2v) is 6.11. The van der Waals surface area contributed by atoms with Crippen LogP contribution in [0.25, 0.3) is 0 Å². The van der Waals surface area contributed by atoms with E-state index in [0.717, 1.165) is 38.9 Å². The predicted octanol–water partition coefficient (Wildman–Crippen LogP) is 1.82. The van der Waals surface area contributed by atoms with Gasteiger partial charge >= 0.3 is 0 Å². The van der Waals surface area contributed by atoms with Gasteiger partial charge in [-0.3, -0.25) is 4.79 Å². The summed E-state index contributed by atoms with van der Waals surface area (Å²) in [4.78, 5) is 14.7. The Labute approximate surface area is 147 Å². The molecule has 0 aliphatic carbocycles. The van der Waals surface area contributed by atoms with Gasteiger partial charge in [0.1, 0.15) is 0 Å². The lowest BCUT2D eigenvalue weighted by atomic mass is 9.81. The summed E-state index contributed by atoms with van der Waals surface area (Å²) in [6.07, 6.45) is 3.47. The quantitative estimate of drug-likeness (QED) is 0.729. The Morgan fingerprint density at radius 1 is 1.23 bits per heavy atom. The maximum atomic E-state index is 12.5. The van der Waals surface area contributed by atoms with Crippen molar-refractivity contribution in [3.8, 4) is 0 Å². The lowest BCUT2D eigenvalue weighted by Gasteiger charge is -2.43. The summed E-state index contributed by atoms with van der Waals surface area (Å²) >= 11 is 0. The standard InChI is InChI=1S/C15H31N3O2.2ClH/c1-5-14(6-2,11-16)13(19)17-12-15(18(3)4)7-9-20-10-8-15;;/h5-12,16H2,1-4H3,(H,17,19);2*1H. The first-order valence-electron chi connectivity index (χ1n) is 7.70. The molecule has 0 bridgehead atoms. The number of nitrogens with one attached hydrogen (secondary N) is 1. The Bertz CT molecular complexity index is 310. The third-order valence-corrected chi connectivity index (χ3v) is 5.18. The monoisotopic (exact) mass is 357 g/mol. The minimum Gasteiger partial charge on any atom is -0.381 e. The molecule has 0 saturated carbocycles. The topological polar surface area (TPSA) is 67.6 Å². The van der Waals surface area contributed by atoms with Crippen LogP contribution in [0.15, 0.2) is 0 Å². The molecule has 0 aromatic carbocycles. The van der Waals surface area contributed by atoms with Crippen LogP contribution in [-0.4, -0.2) is 56.7 Å². The Morgan fingerprint density at radius 3 is 2.09 bits per heavy atom. The third-order valence-electron chi connectivity index (χ3n) is 5.18. The number of nitrogens with zero attached hydrogens (tertiary/aromatic N) is 1. The van der Waals surface area contributed by atoms with Gasteiger partial charge in [0.2, 0.25) is 5.91 Å². The number of hydrogen-bond acceptors (Lipinski definition) is 4. The minimum atomic E-state index is -0.418. The summed E-state index contributed by atoms with van der Waals surface area (Å²) < 4.78 is 5.45. The van der Waals surface area contributed by atoms with Crippen molar-refractivity contribution in [2.45, 2.75) is 45.1 Å². The van der Waals surface area contributed by atoms with Gasteiger partial charge in [-0.15, -0.1) is 24.8 Å². The van der Waals surface area contributed by atoms with Gasteiger partial charge in [0.25, 0.3) is 0 Å². The Hall–Kier alpha value is -0.0700. The molecule has 3 N–H and O–H groups in total. The molecule has 0 aromatic rings. The fourth-order valence-corrected chi connectivity index (χ4v) is 2.92. The molecule has 0 aromatic heterocycles. The van der Waals surface area contributed by atoms with Gasteiger partial charge in [-0.1, -0.05) is 13.8 Å². The number of amides is 1. The van der Waals surface area contributed by atoms with Crippen molar-refractivity contribution in [1.29, 1.82) is 0 Å². The first kappa shape index (κ1) is 24.2. The summed E-state index contributed by atoms with van der Waals surface area (Å²) in [7, 11) is 4.15. The molecule has 1 heterocycles. The van der Waals surface area contributed by atoms with E-state index in [1.807, 2.05) is 13.8 Å². The van der Waals surface area contributed by atoms with E-state index in [1.165, 1.54) is 0 Å². The van der Waals surface area contributed by atoms with Crippen LogP contribution < -0.4 is 11.1 Å². The van der Waals surface area contributed by atoms with Crippen LogP contribution >= 0.6 is 24.8 Å². The van der Waals surface area contributed by atoms with Crippen molar-refractivity contribution < 1.29 is 9.53 Å². The van der Waals surface area contributed by atoms with Gasteiger partial charge in [-0.05, 0) is 39.8 Å². The largest absolute Gasteiger partial charge is 0.381 e. The average molecular weight is 358 g/mol. The molecule has 1 aliphatic heterocycles. The second-order valence-electron chi connectivity index (χ2n) is 6.11. The lowest BCUT2D eigenvalue weighted by Crippen LogP contribution is -2.57. The molecule has 7 heteroatoms. The van der Waals surface area contributed by atoms with Crippen molar-refractivity contribution >= 4 is 30.7 Å². The zero-order valence-corrected chi connectivity index (χ0v) is 15.9. The number of carbonyl (C=O) groups is 1. The summed E-state index contributed by atoms with van der Waals surface area (Å²) in [5.41, 5.74) is 5.43. The molecular formula is C15H33Cl2N3O2. The zero-order valence-electron chi connectivity index (χ0n) is 14.3. The van der Waals surface area contributed by atoms with Crippen molar-refractivity contribution in [3.05, 3.63) is 0 Å². The highest BCUT2D eigenvalue weighted by molar-refractivity contribution is 5.85. The van der Waals surface area contributed by atoms with Gasteiger partial charge < -0.3 is 20.7 Å². The number of likely N-dealkylation sites (N-methyl/N-ethyl adjacent to an activating group) is 1. The maximum absolute atomic E-state index is 12.5. The fourth-order valence-electron chi connectivity index (χ4n) is 2.92. The van der Waals surface area contributed by atoms with Crippen LogP contribution in [0.3, 0.4) is 0 Å². The summed E-state index contributed by atoms with van der Waals surface area (Å²) in [6.45, 7) is 6.67. The van der Waals surface area contributed by atoms with Crippen LogP contribution in [0, 0.1) is 5.41 Å². The Balaban J connectivity index is 0. The Morgan fingerprint density at radius 2 is 1.73 bits per heavy atom. The van der Waals surface area contributed by atoms with Crippen molar-refractivity contribution in [3.63, 3.8) is 0 Å². The third kappa shape index (κ3) is 5.24. The van der Waals surface area contributed by atoms with Crippen molar-refractivity contribution in [1.82, 2.24) is 10.2 Å². The molecule has 134 valence electrons. The zero-order chi connectivity index (χ0) is 15.2. The van der Waals surface area contributed by atoms with Gasteiger partial charge in [0, 0.05) is 31.8 Å². The lowest BCUT2D eigenvalue weighted by molar-refractivity contribution is -0.132. The number of hydrogen-bond donors (Lipinski definition) is 2. The number of ether oxygens (including phenoxy) is 1. The van der Waals surface area contributed by atoms with Crippen LogP contribution in [-0.2, 0) is 9.53 Å². The van der Waals surface area contributed by atoms with Gasteiger partial charge in [-0.25, -0.2) is 0 Å².